The summed E-state index contributed by atoms with van der Waals surface area (Å²) in [5.74, 6) is -0.0782. The third kappa shape index (κ3) is 4.39. The van der Waals surface area contributed by atoms with Gasteiger partial charge in [0.1, 0.15) is 0 Å². The van der Waals surface area contributed by atoms with E-state index in [0.717, 1.165) is 24.0 Å². The number of carbonyl (C=O) groups is 1. The quantitative estimate of drug-likeness (QED) is 0.893. The average Bonchev–Trinajstić information content (AvgIpc) is 2.59. The summed E-state index contributed by atoms with van der Waals surface area (Å²) >= 11 is 0. The standard InChI is InChI=1S/C19H22N2O3S/c1-25(23,24)21-13-5-8-16-10-11-17(14-18(16)21)20-19(22)12-9-15-6-3-2-4-7-15/h2-4,6-7,10-11,14H,5,8-9,12-13H2,1H3,(H,20,22). The SMILES string of the molecule is CS(=O)(=O)N1CCCc2ccc(NC(=O)CCc3ccccc3)cc21. The molecule has 1 amide bonds. The van der Waals surface area contributed by atoms with Gasteiger partial charge >= 0.3 is 0 Å². The van der Waals surface area contributed by atoms with Crippen molar-refractivity contribution in [3.63, 3.8) is 0 Å². The van der Waals surface area contributed by atoms with Crippen molar-refractivity contribution >= 4 is 27.3 Å². The number of hydrogen-bond acceptors (Lipinski definition) is 3. The van der Waals surface area contributed by atoms with Gasteiger partial charge in [-0.05, 0) is 42.5 Å². The summed E-state index contributed by atoms with van der Waals surface area (Å²) in [6, 6.07) is 15.4. The second kappa shape index (κ2) is 7.27. The first-order valence-corrected chi connectivity index (χ1v) is 10.2. The van der Waals surface area contributed by atoms with Crippen LogP contribution in [0.1, 0.15) is 24.0 Å². The molecule has 0 radical (unpaired) electrons. The van der Waals surface area contributed by atoms with Crippen LogP contribution >= 0.6 is 0 Å². The van der Waals surface area contributed by atoms with Crippen LogP contribution < -0.4 is 9.62 Å². The molecule has 25 heavy (non-hydrogen) atoms. The third-order valence-corrected chi connectivity index (χ3v) is 5.51. The Labute approximate surface area is 148 Å². The molecule has 0 bridgehead atoms. The molecule has 0 saturated carbocycles. The largest absolute Gasteiger partial charge is 0.326 e. The molecule has 1 heterocycles. The molecule has 2 aromatic carbocycles. The second-order valence-electron chi connectivity index (χ2n) is 6.32. The lowest BCUT2D eigenvalue weighted by Gasteiger charge is -2.29. The Balaban J connectivity index is 1.70. The van der Waals surface area contributed by atoms with E-state index in [1.165, 1.54) is 10.6 Å². The van der Waals surface area contributed by atoms with Crippen molar-refractivity contribution in [3.05, 3.63) is 59.7 Å². The van der Waals surface area contributed by atoms with Gasteiger partial charge in [-0.2, -0.15) is 0 Å². The molecule has 0 aliphatic carbocycles. The Morgan fingerprint density at radius 1 is 1.16 bits per heavy atom. The number of hydrogen-bond donors (Lipinski definition) is 1. The second-order valence-corrected chi connectivity index (χ2v) is 8.22. The van der Waals surface area contributed by atoms with Crippen molar-refractivity contribution in [2.24, 2.45) is 0 Å². The zero-order valence-electron chi connectivity index (χ0n) is 14.2. The summed E-state index contributed by atoms with van der Waals surface area (Å²) in [6.45, 7) is 0.483. The van der Waals surface area contributed by atoms with E-state index in [-0.39, 0.29) is 5.91 Å². The molecule has 0 aromatic heterocycles. The van der Waals surface area contributed by atoms with Crippen molar-refractivity contribution in [2.75, 3.05) is 22.4 Å². The van der Waals surface area contributed by atoms with E-state index in [1.807, 2.05) is 42.5 Å². The molecule has 5 nitrogen and oxygen atoms in total. The number of rotatable bonds is 5. The first kappa shape index (κ1) is 17.5. The molecular formula is C19H22N2O3S. The summed E-state index contributed by atoms with van der Waals surface area (Å²) in [6.07, 6.45) is 3.93. The van der Waals surface area contributed by atoms with Gasteiger partial charge in [-0.1, -0.05) is 36.4 Å². The Kier molecular flexibility index (Phi) is 5.08. The number of benzene rings is 2. The fourth-order valence-electron chi connectivity index (χ4n) is 3.09. The maximum Gasteiger partial charge on any atom is 0.232 e. The van der Waals surface area contributed by atoms with Crippen LogP contribution in [0.5, 0.6) is 0 Å². The van der Waals surface area contributed by atoms with Gasteiger partial charge in [0.2, 0.25) is 15.9 Å². The van der Waals surface area contributed by atoms with Gasteiger partial charge in [-0.15, -0.1) is 0 Å². The summed E-state index contributed by atoms with van der Waals surface area (Å²) in [7, 11) is -3.31. The van der Waals surface area contributed by atoms with Crippen molar-refractivity contribution in [1.82, 2.24) is 0 Å². The van der Waals surface area contributed by atoms with E-state index >= 15 is 0 Å². The van der Waals surface area contributed by atoms with Crippen LogP contribution in [0.15, 0.2) is 48.5 Å². The minimum absolute atomic E-state index is 0.0782. The molecular weight excluding hydrogens is 336 g/mol. The van der Waals surface area contributed by atoms with E-state index in [9.17, 15) is 13.2 Å². The predicted octanol–water partition coefficient (Wildman–Crippen LogP) is 2.97. The molecule has 132 valence electrons. The summed E-state index contributed by atoms with van der Waals surface area (Å²) < 4.78 is 25.4. The van der Waals surface area contributed by atoms with E-state index in [0.29, 0.717) is 30.8 Å². The van der Waals surface area contributed by atoms with Gasteiger partial charge in [-0.3, -0.25) is 9.10 Å². The Morgan fingerprint density at radius 3 is 2.64 bits per heavy atom. The molecule has 0 spiro atoms. The average molecular weight is 358 g/mol. The molecule has 0 fully saturated rings. The van der Waals surface area contributed by atoms with Crippen LogP contribution in [0.2, 0.25) is 0 Å². The molecule has 0 unspecified atom stereocenters. The van der Waals surface area contributed by atoms with E-state index in [4.69, 9.17) is 0 Å². The third-order valence-electron chi connectivity index (χ3n) is 4.33. The highest BCUT2D eigenvalue weighted by Crippen LogP contribution is 2.31. The van der Waals surface area contributed by atoms with Gasteiger partial charge in [0.05, 0.1) is 11.9 Å². The van der Waals surface area contributed by atoms with Gasteiger partial charge in [0.25, 0.3) is 0 Å². The van der Waals surface area contributed by atoms with Crippen LogP contribution in [0.3, 0.4) is 0 Å². The molecule has 2 aromatic rings. The Hall–Kier alpha value is -2.34. The van der Waals surface area contributed by atoms with E-state index in [2.05, 4.69) is 5.32 Å². The van der Waals surface area contributed by atoms with E-state index < -0.39 is 10.0 Å². The minimum atomic E-state index is -3.31. The number of amides is 1. The van der Waals surface area contributed by atoms with E-state index in [1.54, 1.807) is 6.07 Å². The lowest BCUT2D eigenvalue weighted by molar-refractivity contribution is -0.116. The van der Waals surface area contributed by atoms with Crippen LogP contribution in [0, 0.1) is 0 Å². The fraction of sp³-hybridized carbons (Fsp3) is 0.316. The van der Waals surface area contributed by atoms with Gasteiger partial charge in [-0.25, -0.2) is 8.42 Å². The summed E-state index contributed by atoms with van der Waals surface area (Å²) in [5, 5.41) is 2.87. The number of anilines is 2. The number of sulfonamides is 1. The van der Waals surface area contributed by atoms with Crippen molar-refractivity contribution in [3.8, 4) is 0 Å². The topological polar surface area (TPSA) is 66.5 Å². The van der Waals surface area contributed by atoms with Crippen molar-refractivity contribution in [2.45, 2.75) is 25.7 Å². The Bertz CT molecular complexity index is 863. The lowest BCUT2D eigenvalue weighted by atomic mass is 10.0. The molecule has 1 N–H and O–H groups in total. The van der Waals surface area contributed by atoms with Crippen molar-refractivity contribution in [1.29, 1.82) is 0 Å². The first-order chi connectivity index (χ1) is 11.9. The van der Waals surface area contributed by atoms with Crippen LogP contribution in [-0.4, -0.2) is 27.1 Å². The van der Waals surface area contributed by atoms with Gasteiger partial charge in [0.15, 0.2) is 0 Å². The molecule has 0 atom stereocenters. The zero-order valence-corrected chi connectivity index (χ0v) is 15.1. The predicted molar refractivity (Wildman–Crippen MR) is 100 cm³/mol. The monoisotopic (exact) mass is 358 g/mol. The molecule has 1 aliphatic rings. The molecule has 1 aliphatic heterocycles. The smallest absolute Gasteiger partial charge is 0.232 e. The Morgan fingerprint density at radius 2 is 1.92 bits per heavy atom. The van der Waals surface area contributed by atoms with Crippen LogP contribution in [0.4, 0.5) is 11.4 Å². The lowest BCUT2D eigenvalue weighted by Crippen LogP contribution is -2.34. The van der Waals surface area contributed by atoms with Crippen LogP contribution in [-0.2, 0) is 27.7 Å². The minimum Gasteiger partial charge on any atom is -0.326 e. The van der Waals surface area contributed by atoms with Gasteiger partial charge in [0, 0.05) is 18.7 Å². The maximum absolute atomic E-state index is 12.2. The maximum atomic E-state index is 12.2. The van der Waals surface area contributed by atoms with Crippen LogP contribution in [0.25, 0.3) is 0 Å². The normalized spacial score (nSPS) is 14.0. The molecule has 0 saturated heterocycles. The summed E-state index contributed by atoms with van der Waals surface area (Å²) in [4.78, 5) is 12.2. The molecule has 3 rings (SSSR count). The number of nitrogens with zero attached hydrogens (tertiary/aromatic N) is 1. The van der Waals surface area contributed by atoms with Crippen molar-refractivity contribution < 1.29 is 13.2 Å². The van der Waals surface area contributed by atoms with Gasteiger partial charge < -0.3 is 5.32 Å². The number of carbonyl (C=O) groups excluding carboxylic acids is 1. The summed E-state index contributed by atoms with van der Waals surface area (Å²) in [5.41, 5.74) is 3.42. The number of fused-ring (bicyclic) bond motifs is 1. The molecule has 6 heteroatoms. The number of nitrogens with one attached hydrogen (secondary N) is 1. The fourth-order valence-corrected chi connectivity index (χ4v) is 4.08. The highest BCUT2D eigenvalue weighted by atomic mass is 32.2. The highest BCUT2D eigenvalue weighted by molar-refractivity contribution is 7.92. The highest BCUT2D eigenvalue weighted by Gasteiger charge is 2.24. The zero-order chi connectivity index (χ0) is 17.9. The number of aryl methyl sites for hydroxylation is 2. The first-order valence-electron chi connectivity index (χ1n) is 8.38.